The minimum Gasteiger partial charge on any atom is -0.351 e. The molecule has 0 bridgehead atoms. The van der Waals surface area contributed by atoms with Crippen LogP contribution in [0.5, 0.6) is 0 Å². The summed E-state index contributed by atoms with van der Waals surface area (Å²) in [6.07, 6.45) is -3.73. The number of rotatable bonds is 3. The Hall–Kier alpha value is -3.23. The van der Waals surface area contributed by atoms with Crippen LogP contribution < -0.4 is 5.73 Å². The molecule has 1 unspecified atom stereocenters. The Morgan fingerprint density at radius 2 is 1.81 bits per heavy atom. The fourth-order valence-corrected chi connectivity index (χ4v) is 5.76. The molecule has 0 aromatic heterocycles. The third-order valence-electron chi connectivity index (χ3n) is 7.83. The van der Waals surface area contributed by atoms with E-state index in [9.17, 15) is 22.8 Å². The highest BCUT2D eigenvalue weighted by Crippen LogP contribution is 2.45. The summed E-state index contributed by atoms with van der Waals surface area (Å²) in [5.41, 5.74) is 7.85. The zero-order valence-corrected chi connectivity index (χ0v) is 21.0. The summed E-state index contributed by atoms with van der Waals surface area (Å²) >= 11 is 0. The molecular weight excluding hydrogens is 469 g/mol. The maximum absolute atomic E-state index is 13.9. The van der Waals surface area contributed by atoms with E-state index in [4.69, 9.17) is 5.73 Å². The standard InChI is InChI=1S/C27H33F3N4O2/c1-16-11-20(13-21(12-16)27(28,29)30)18(3)32(4)26(36)34-10-9-19-14-33(25(31)35)15-23(19)24(34)22-8-6-5-7-17(22)2/h5-8,11-13,18-19,23-24H,9-10,14-15H2,1-4H3,(H2,31,35)/t18-,19-,23?,24+/m1/s1. The van der Waals surface area contributed by atoms with Crippen LogP contribution in [0.4, 0.5) is 22.8 Å². The molecule has 0 saturated carbocycles. The molecule has 2 aromatic rings. The monoisotopic (exact) mass is 502 g/mol. The summed E-state index contributed by atoms with van der Waals surface area (Å²) in [6, 6.07) is 10.3. The van der Waals surface area contributed by atoms with Gasteiger partial charge in [-0.15, -0.1) is 0 Å². The second kappa shape index (κ2) is 9.67. The average molecular weight is 503 g/mol. The number of urea groups is 2. The predicted octanol–water partition coefficient (Wildman–Crippen LogP) is 5.51. The van der Waals surface area contributed by atoms with E-state index in [-0.39, 0.29) is 23.9 Å². The number of likely N-dealkylation sites (tertiary alicyclic amines) is 2. The van der Waals surface area contributed by atoms with Gasteiger partial charge in [0.2, 0.25) is 0 Å². The minimum atomic E-state index is -4.46. The summed E-state index contributed by atoms with van der Waals surface area (Å²) in [5.74, 6) is 0.246. The summed E-state index contributed by atoms with van der Waals surface area (Å²) < 4.78 is 40.3. The van der Waals surface area contributed by atoms with Gasteiger partial charge in [-0.3, -0.25) is 0 Å². The lowest BCUT2D eigenvalue weighted by Gasteiger charge is -2.45. The van der Waals surface area contributed by atoms with Gasteiger partial charge in [-0.25, -0.2) is 9.59 Å². The Morgan fingerprint density at radius 1 is 1.11 bits per heavy atom. The van der Waals surface area contributed by atoms with Gasteiger partial charge in [-0.05, 0) is 61.9 Å². The van der Waals surface area contributed by atoms with Crippen molar-refractivity contribution < 1.29 is 22.8 Å². The number of fused-ring (bicyclic) bond motifs is 1. The number of nitrogens with two attached hydrogens (primary N) is 1. The van der Waals surface area contributed by atoms with Crippen molar-refractivity contribution in [2.24, 2.45) is 17.6 Å². The van der Waals surface area contributed by atoms with Crippen LogP contribution in [-0.2, 0) is 6.18 Å². The van der Waals surface area contributed by atoms with Crippen LogP contribution in [0.3, 0.4) is 0 Å². The van der Waals surface area contributed by atoms with Gasteiger partial charge >= 0.3 is 18.2 Å². The van der Waals surface area contributed by atoms with Gasteiger partial charge in [0.05, 0.1) is 17.6 Å². The zero-order valence-electron chi connectivity index (χ0n) is 21.0. The van der Waals surface area contributed by atoms with E-state index in [1.807, 2.05) is 36.1 Å². The summed E-state index contributed by atoms with van der Waals surface area (Å²) in [5, 5.41) is 0. The normalized spacial score (nSPS) is 22.8. The van der Waals surface area contributed by atoms with E-state index in [0.717, 1.165) is 29.7 Å². The van der Waals surface area contributed by atoms with Crippen LogP contribution in [0.2, 0.25) is 0 Å². The van der Waals surface area contributed by atoms with E-state index < -0.39 is 23.8 Å². The van der Waals surface area contributed by atoms with Crippen molar-refractivity contribution in [2.75, 3.05) is 26.7 Å². The van der Waals surface area contributed by atoms with Crippen molar-refractivity contribution in [3.8, 4) is 0 Å². The number of alkyl halides is 3. The van der Waals surface area contributed by atoms with Gasteiger partial charge in [0.25, 0.3) is 0 Å². The minimum absolute atomic E-state index is 0.0239. The number of carbonyl (C=O) groups is 2. The highest BCUT2D eigenvalue weighted by atomic mass is 19.4. The van der Waals surface area contributed by atoms with E-state index in [0.29, 0.717) is 30.8 Å². The molecule has 2 aliphatic heterocycles. The largest absolute Gasteiger partial charge is 0.416 e. The Kier molecular flexibility index (Phi) is 6.94. The van der Waals surface area contributed by atoms with Gasteiger partial charge in [-0.1, -0.05) is 35.9 Å². The Balaban J connectivity index is 1.66. The SMILES string of the molecule is Cc1cc([C@@H](C)N(C)C(=O)N2CC[C@@H]3CN(C(N)=O)CC3[C@@H]2c2ccccc2C)cc(C(F)(F)F)c1. The fraction of sp³-hybridized carbons (Fsp3) is 0.481. The number of halogens is 3. The van der Waals surface area contributed by atoms with E-state index in [1.165, 1.54) is 4.90 Å². The van der Waals surface area contributed by atoms with E-state index in [2.05, 4.69) is 0 Å². The number of amides is 4. The van der Waals surface area contributed by atoms with Crippen molar-refractivity contribution >= 4 is 12.1 Å². The molecule has 194 valence electrons. The third kappa shape index (κ3) is 4.88. The first kappa shape index (κ1) is 25.9. The van der Waals surface area contributed by atoms with Crippen LogP contribution >= 0.6 is 0 Å². The molecule has 2 N–H and O–H groups in total. The number of hydrogen-bond donors (Lipinski definition) is 1. The molecule has 0 spiro atoms. The van der Waals surface area contributed by atoms with Crippen LogP contribution in [0.25, 0.3) is 0 Å². The maximum Gasteiger partial charge on any atom is 0.416 e. The first-order valence-electron chi connectivity index (χ1n) is 12.2. The number of carbonyl (C=O) groups excluding carboxylic acids is 2. The van der Waals surface area contributed by atoms with E-state index in [1.54, 1.807) is 31.9 Å². The van der Waals surface area contributed by atoms with Gasteiger partial charge < -0.3 is 20.4 Å². The number of benzene rings is 2. The summed E-state index contributed by atoms with van der Waals surface area (Å²) in [4.78, 5) is 30.8. The predicted molar refractivity (Wildman–Crippen MR) is 131 cm³/mol. The highest BCUT2D eigenvalue weighted by Gasteiger charge is 2.47. The molecule has 4 rings (SSSR count). The second-order valence-corrected chi connectivity index (χ2v) is 10.2. The molecular formula is C27H33F3N4O2. The smallest absolute Gasteiger partial charge is 0.351 e. The van der Waals surface area contributed by atoms with Crippen molar-refractivity contribution in [3.63, 3.8) is 0 Å². The molecule has 4 atom stereocenters. The highest BCUT2D eigenvalue weighted by molar-refractivity contribution is 5.76. The van der Waals surface area contributed by atoms with Gasteiger partial charge in [-0.2, -0.15) is 13.2 Å². The van der Waals surface area contributed by atoms with Crippen LogP contribution in [0.15, 0.2) is 42.5 Å². The lowest BCUT2D eigenvalue weighted by Crippen LogP contribution is -2.51. The molecule has 2 aliphatic rings. The van der Waals surface area contributed by atoms with Crippen molar-refractivity contribution in [1.82, 2.24) is 14.7 Å². The van der Waals surface area contributed by atoms with Crippen molar-refractivity contribution in [2.45, 2.75) is 45.5 Å². The van der Waals surface area contributed by atoms with Crippen LogP contribution in [0, 0.1) is 25.7 Å². The Bertz CT molecular complexity index is 1150. The molecule has 36 heavy (non-hydrogen) atoms. The molecule has 9 heteroatoms. The second-order valence-electron chi connectivity index (χ2n) is 10.2. The number of hydrogen-bond acceptors (Lipinski definition) is 2. The maximum atomic E-state index is 13.9. The molecule has 0 aliphatic carbocycles. The molecule has 4 amide bonds. The summed E-state index contributed by atoms with van der Waals surface area (Å²) in [7, 11) is 1.63. The van der Waals surface area contributed by atoms with Gasteiger partial charge in [0, 0.05) is 32.6 Å². The topological polar surface area (TPSA) is 69.9 Å². The Labute approximate surface area is 209 Å². The summed E-state index contributed by atoms with van der Waals surface area (Å²) in [6.45, 7) is 6.89. The molecule has 2 aromatic carbocycles. The molecule has 2 fully saturated rings. The third-order valence-corrected chi connectivity index (χ3v) is 7.83. The molecule has 6 nitrogen and oxygen atoms in total. The quantitative estimate of drug-likeness (QED) is 0.601. The number of piperidine rings is 1. The number of nitrogens with zero attached hydrogens (tertiary/aromatic N) is 3. The first-order valence-corrected chi connectivity index (χ1v) is 12.2. The fourth-order valence-electron chi connectivity index (χ4n) is 5.76. The number of aryl methyl sites for hydroxylation is 2. The first-order chi connectivity index (χ1) is 16.9. The van der Waals surface area contributed by atoms with E-state index >= 15 is 0 Å². The lowest BCUT2D eigenvalue weighted by atomic mass is 9.78. The molecule has 2 heterocycles. The number of primary amides is 1. The van der Waals surface area contributed by atoms with Crippen LogP contribution in [0.1, 0.15) is 53.2 Å². The Morgan fingerprint density at radius 3 is 2.44 bits per heavy atom. The van der Waals surface area contributed by atoms with Crippen LogP contribution in [-0.4, -0.2) is 53.4 Å². The van der Waals surface area contributed by atoms with Gasteiger partial charge in [0.15, 0.2) is 0 Å². The van der Waals surface area contributed by atoms with Crippen molar-refractivity contribution in [1.29, 1.82) is 0 Å². The lowest BCUT2D eigenvalue weighted by molar-refractivity contribution is -0.137. The zero-order chi connectivity index (χ0) is 26.4. The van der Waals surface area contributed by atoms with Gasteiger partial charge in [0.1, 0.15) is 0 Å². The average Bonchev–Trinajstić information content (AvgIpc) is 3.26. The molecule has 0 radical (unpaired) electrons. The molecule has 2 saturated heterocycles. The van der Waals surface area contributed by atoms with Crippen molar-refractivity contribution in [3.05, 3.63) is 70.3 Å².